The van der Waals surface area contributed by atoms with Gasteiger partial charge in [-0.25, -0.2) is 18.4 Å². The number of nitrogens with one attached hydrogen (secondary N) is 1. The summed E-state index contributed by atoms with van der Waals surface area (Å²) in [4.78, 5) is 26.0. The van der Waals surface area contributed by atoms with Crippen LogP contribution in [0.5, 0.6) is 0 Å². The maximum atomic E-state index is 12.3. The number of fused-ring (bicyclic) bond motifs is 1. The second-order valence-corrected chi connectivity index (χ2v) is 8.33. The summed E-state index contributed by atoms with van der Waals surface area (Å²) in [5.41, 5.74) is 0.883. The van der Waals surface area contributed by atoms with E-state index in [1.165, 1.54) is 17.0 Å². The fraction of sp³-hybridized carbons (Fsp3) is 0.529. The molecule has 2 aliphatic rings. The smallest absolute Gasteiger partial charge is 0.324 e. The monoisotopic (exact) mass is 365 g/mol. The Bertz CT molecular complexity index is 761. The minimum absolute atomic E-state index is 0.0188. The van der Waals surface area contributed by atoms with E-state index in [0.717, 1.165) is 31.2 Å². The first-order chi connectivity index (χ1) is 11.9. The summed E-state index contributed by atoms with van der Waals surface area (Å²) in [5, 5.41) is 7.84. The Hall–Kier alpha value is -1.93. The van der Waals surface area contributed by atoms with E-state index in [4.69, 9.17) is 5.14 Å². The minimum atomic E-state index is -3.70. The van der Waals surface area contributed by atoms with Crippen molar-refractivity contribution in [2.24, 2.45) is 17.0 Å². The van der Waals surface area contributed by atoms with Gasteiger partial charge in [0.15, 0.2) is 0 Å². The largest absolute Gasteiger partial charge is 0.337 e. The van der Waals surface area contributed by atoms with Crippen LogP contribution in [0.25, 0.3) is 0 Å². The molecule has 3 N–H and O–H groups in total. The number of urea groups is 1. The Morgan fingerprint density at radius 2 is 1.88 bits per heavy atom. The molecule has 2 atom stereocenters. The first-order valence-corrected chi connectivity index (χ1v) is 10.1. The molecule has 3 amide bonds. The van der Waals surface area contributed by atoms with Crippen LogP contribution in [0.3, 0.4) is 0 Å². The first kappa shape index (κ1) is 17.9. The van der Waals surface area contributed by atoms with E-state index in [-0.39, 0.29) is 22.8 Å². The number of carbonyl (C=O) groups excluding carboxylic acids is 2. The lowest BCUT2D eigenvalue weighted by Crippen LogP contribution is -2.42. The van der Waals surface area contributed by atoms with Crippen molar-refractivity contribution < 1.29 is 18.0 Å². The fourth-order valence-electron chi connectivity index (χ4n) is 3.71. The van der Waals surface area contributed by atoms with Crippen LogP contribution in [0.15, 0.2) is 29.2 Å². The van der Waals surface area contributed by atoms with E-state index >= 15 is 0 Å². The van der Waals surface area contributed by atoms with Crippen LogP contribution in [0.2, 0.25) is 0 Å². The predicted molar refractivity (Wildman–Crippen MR) is 92.1 cm³/mol. The van der Waals surface area contributed by atoms with Crippen LogP contribution < -0.4 is 10.5 Å². The molecule has 0 aromatic heterocycles. The molecule has 2 fully saturated rings. The van der Waals surface area contributed by atoms with E-state index in [9.17, 15) is 18.0 Å². The number of carbonyl (C=O) groups is 2. The van der Waals surface area contributed by atoms with Gasteiger partial charge in [0.2, 0.25) is 15.9 Å². The number of likely N-dealkylation sites (tertiary alicyclic amines) is 1. The molecule has 25 heavy (non-hydrogen) atoms. The Labute approximate surface area is 147 Å². The Morgan fingerprint density at radius 1 is 1.20 bits per heavy atom. The number of hydrogen-bond donors (Lipinski definition) is 2. The van der Waals surface area contributed by atoms with Crippen molar-refractivity contribution in [3.05, 3.63) is 29.8 Å². The normalized spacial score (nSPS) is 23.4. The lowest BCUT2D eigenvalue weighted by atomic mass is 9.81. The Balaban J connectivity index is 1.50. The van der Waals surface area contributed by atoms with Gasteiger partial charge in [0.1, 0.15) is 0 Å². The third-order valence-electron chi connectivity index (χ3n) is 5.10. The van der Waals surface area contributed by atoms with Gasteiger partial charge in [0, 0.05) is 19.0 Å². The Morgan fingerprint density at radius 3 is 2.52 bits per heavy atom. The maximum Gasteiger partial charge on any atom is 0.324 e. The molecular formula is C17H23N3O4S. The van der Waals surface area contributed by atoms with Gasteiger partial charge in [-0.2, -0.15) is 0 Å². The third-order valence-corrected chi connectivity index (χ3v) is 6.03. The second-order valence-electron chi connectivity index (χ2n) is 6.77. The van der Waals surface area contributed by atoms with Gasteiger partial charge in [0.05, 0.1) is 4.90 Å². The number of amides is 3. The van der Waals surface area contributed by atoms with Crippen LogP contribution in [-0.2, 0) is 21.2 Å². The lowest BCUT2D eigenvalue weighted by Gasteiger charge is -2.21. The molecule has 1 aromatic carbocycles. The van der Waals surface area contributed by atoms with E-state index in [2.05, 4.69) is 5.32 Å². The number of hydrogen-bond acceptors (Lipinski definition) is 4. The van der Waals surface area contributed by atoms with Crippen molar-refractivity contribution in [1.82, 2.24) is 10.2 Å². The summed E-state index contributed by atoms with van der Waals surface area (Å²) in [6, 6.07) is 5.89. The van der Waals surface area contributed by atoms with Crippen LogP contribution in [0, 0.1) is 11.8 Å². The molecule has 1 aliphatic carbocycles. The highest BCUT2D eigenvalue weighted by Gasteiger charge is 2.43. The SMILES string of the molecule is NS(=O)(=O)c1ccc(CCNC(=O)N2CC3CCCCC3C2=O)cc1. The average molecular weight is 365 g/mol. The number of rotatable bonds is 4. The zero-order valence-electron chi connectivity index (χ0n) is 14.0. The molecule has 136 valence electrons. The molecule has 1 aliphatic heterocycles. The molecule has 0 radical (unpaired) electrons. The fourth-order valence-corrected chi connectivity index (χ4v) is 4.23. The molecule has 1 saturated heterocycles. The van der Waals surface area contributed by atoms with Gasteiger partial charge in [0.25, 0.3) is 0 Å². The van der Waals surface area contributed by atoms with Crippen LogP contribution in [-0.4, -0.2) is 38.3 Å². The number of benzene rings is 1. The average Bonchev–Trinajstić information content (AvgIpc) is 2.92. The molecule has 0 bridgehead atoms. The molecule has 0 spiro atoms. The van der Waals surface area contributed by atoms with E-state index < -0.39 is 10.0 Å². The molecular weight excluding hydrogens is 342 g/mol. The summed E-state index contributed by atoms with van der Waals surface area (Å²) in [6.45, 7) is 0.908. The molecule has 1 aromatic rings. The van der Waals surface area contributed by atoms with Gasteiger partial charge in [-0.15, -0.1) is 0 Å². The number of nitrogens with zero attached hydrogens (tertiary/aromatic N) is 1. The summed E-state index contributed by atoms with van der Waals surface area (Å²) in [6.07, 6.45) is 4.67. The molecule has 1 heterocycles. The van der Waals surface area contributed by atoms with Gasteiger partial charge < -0.3 is 5.32 Å². The molecule has 1 saturated carbocycles. The molecule has 2 unspecified atom stereocenters. The zero-order chi connectivity index (χ0) is 18.0. The van der Waals surface area contributed by atoms with Crippen LogP contribution >= 0.6 is 0 Å². The van der Waals surface area contributed by atoms with Gasteiger partial charge in [-0.3, -0.25) is 9.69 Å². The summed E-state index contributed by atoms with van der Waals surface area (Å²) in [7, 11) is -3.70. The highest BCUT2D eigenvalue weighted by molar-refractivity contribution is 7.89. The van der Waals surface area contributed by atoms with Crippen molar-refractivity contribution in [3.8, 4) is 0 Å². The van der Waals surface area contributed by atoms with Crippen molar-refractivity contribution in [1.29, 1.82) is 0 Å². The quantitative estimate of drug-likeness (QED) is 0.836. The molecule has 7 nitrogen and oxygen atoms in total. The van der Waals surface area contributed by atoms with Crippen molar-refractivity contribution in [3.63, 3.8) is 0 Å². The standard InChI is InChI=1S/C17H23N3O4S/c18-25(23,24)14-7-5-12(6-8-14)9-10-19-17(22)20-11-13-3-1-2-4-15(13)16(20)21/h5-8,13,15H,1-4,9-11H2,(H,19,22)(H2,18,23,24). The van der Waals surface area contributed by atoms with Gasteiger partial charge >= 0.3 is 6.03 Å². The maximum absolute atomic E-state index is 12.3. The third kappa shape index (κ3) is 4.01. The van der Waals surface area contributed by atoms with Crippen LogP contribution in [0.1, 0.15) is 31.2 Å². The molecule has 3 rings (SSSR count). The number of primary sulfonamides is 1. The highest BCUT2D eigenvalue weighted by Crippen LogP contribution is 2.36. The summed E-state index contributed by atoms with van der Waals surface area (Å²) >= 11 is 0. The second kappa shape index (κ2) is 7.13. The minimum Gasteiger partial charge on any atom is -0.337 e. The number of imide groups is 1. The summed E-state index contributed by atoms with van der Waals surface area (Å²) in [5.74, 6) is 0.294. The zero-order valence-corrected chi connectivity index (χ0v) is 14.8. The van der Waals surface area contributed by atoms with Crippen molar-refractivity contribution >= 4 is 22.0 Å². The van der Waals surface area contributed by atoms with Gasteiger partial charge in [-0.05, 0) is 42.9 Å². The number of sulfonamides is 1. The van der Waals surface area contributed by atoms with Crippen LogP contribution in [0.4, 0.5) is 4.79 Å². The first-order valence-electron chi connectivity index (χ1n) is 8.57. The van der Waals surface area contributed by atoms with Crippen molar-refractivity contribution in [2.75, 3.05) is 13.1 Å². The highest BCUT2D eigenvalue weighted by atomic mass is 32.2. The summed E-state index contributed by atoms with van der Waals surface area (Å²) < 4.78 is 22.4. The van der Waals surface area contributed by atoms with Crippen molar-refractivity contribution in [2.45, 2.75) is 37.0 Å². The van der Waals surface area contributed by atoms with E-state index in [1.54, 1.807) is 12.1 Å². The van der Waals surface area contributed by atoms with Gasteiger partial charge in [-0.1, -0.05) is 25.0 Å². The molecule has 8 heteroatoms. The Kier molecular flexibility index (Phi) is 5.10. The predicted octanol–water partition coefficient (Wildman–Crippen LogP) is 1.23. The van der Waals surface area contributed by atoms with E-state index in [1.807, 2.05) is 0 Å². The lowest BCUT2D eigenvalue weighted by molar-refractivity contribution is -0.129. The number of nitrogens with two attached hydrogens (primary N) is 1. The van der Waals surface area contributed by atoms with E-state index in [0.29, 0.717) is 25.4 Å². The topological polar surface area (TPSA) is 110 Å².